The van der Waals surface area contributed by atoms with Gasteiger partial charge in [-0.1, -0.05) is 23.7 Å². The van der Waals surface area contributed by atoms with Gasteiger partial charge in [-0.15, -0.1) is 0 Å². The number of esters is 1. The van der Waals surface area contributed by atoms with Gasteiger partial charge in [0.2, 0.25) is 0 Å². The first-order chi connectivity index (χ1) is 16.4. The highest BCUT2D eigenvalue weighted by Gasteiger charge is 2.18. The number of pyridine rings is 1. The molecular formula is C26H21ClF2N2O3. The van der Waals surface area contributed by atoms with E-state index in [-0.39, 0.29) is 24.5 Å². The standard InChI is InChI=1S/C26H21ClF2N2O3/c1-3-33-26(32)22-8-5-9-25(30-22)31-16(2)10-12-23(31)18-14-17(27)11-13-24(18)34-15-19-20(28)6-4-7-21(19)29/h4-14H,3,15H2,1-2H3. The molecule has 0 radical (unpaired) electrons. The van der Waals surface area contributed by atoms with E-state index < -0.39 is 17.6 Å². The summed E-state index contributed by atoms with van der Waals surface area (Å²) in [5, 5.41) is 0.457. The Balaban J connectivity index is 1.75. The van der Waals surface area contributed by atoms with Gasteiger partial charge in [0, 0.05) is 16.3 Å². The Morgan fingerprint density at radius 3 is 2.50 bits per heavy atom. The fraction of sp³-hybridized carbons (Fsp3) is 0.154. The summed E-state index contributed by atoms with van der Waals surface area (Å²) < 4.78 is 40.9. The second-order valence-corrected chi connectivity index (χ2v) is 7.86. The van der Waals surface area contributed by atoms with Gasteiger partial charge in [0.15, 0.2) is 5.69 Å². The molecule has 0 bridgehead atoms. The predicted octanol–water partition coefficient (Wildman–Crippen LogP) is 6.54. The monoisotopic (exact) mass is 482 g/mol. The molecule has 0 N–H and O–H groups in total. The fourth-order valence-corrected chi connectivity index (χ4v) is 3.74. The van der Waals surface area contributed by atoms with Crippen molar-refractivity contribution in [3.05, 3.63) is 100 Å². The topological polar surface area (TPSA) is 53.4 Å². The number of carbonyl (C=O) groups excluding carboxylic acids is 1. The summed E-state index contributed by atoms with van der Waals surface area (Å²) in [6.07, 6.45) is 0. The summed E-state index contributed by atoms with van der Waals surface area (Å²) in [4.78, 5) is 16.7. The number of rotatable bonds is 7. The number of hydrogen-bond acceptors (Lipinski definition) is 4. The summed E-state index contributed by atoms with van der Waals surface area (Å²) in [5.74, 6) is -1.01. The van der Waals surface area contributed by atoms with Crippen LogP contribution in [0.3, 0.4) is 0 Å². The van der Waals surface area contributed by atoms with Crippen LogP contribution in [0.4, 0.5) is 8.78 Å². The van der Waals surface area contributed by atoms with Crippen molar-refractivity contribution in [2.24, 2.45) is 0 Å². The number of benzene rings is 2. The first-order valence-corrected chi connectivity index (χ1v) is 11.0. The first-order valence-electron chi connectivity index (χ1n) is 10.6. The minimum atomic E-state index is -0.685. The largest absolute Gasteiger partial charge is 0.488 e. The minimum Gasteiger partial charge on any atom is -0.488 e. The van der Waals surface area contributed by atoms with Gasteiger partial charge in [0.25, 0.3) is 0 Å². The van der Waals surface area contributed by atoms with Crippen molar-refractivity contribution in [1.29, 1.82) is 0 Å². The maximum atomic E-state index is 14.1. The number of nitrogens with zero attached hydrogens (tertiary/aromatic N) is 2. The van der Waals surface area contributed by atoms with Crippen LogP contribution in [0, 0.1) is 18.6 Å². The summed E-state index contributed by atoms with van der Waals surface area (Å²) in [6, 6.07) is 17.4. The van der Waals surface area contributed by atoms with Gasteiger partial charge < -0.3 is 9.47 Å². The molecule has 0 fully saturated rings. The Kier molecular flexibility index (Phi) is 6.93. The summed E-state index contributed by atoms with van der Waals surface area (Å²) in [7, 11) is 0. The Bertz CT molecular complexity index is 1330. The van der Waals surface area contributed by atoms with Gasteiger partial charge in [-0.25, -0.2) is 18.6 Å². The van der Waals surface area contributed by atoms with Crippen LogP contribution in [0.2, 0.25) is 5.02 Å². The number of ether oxygens (including phenoxy) is 2. The van der Waals surface area contributed by atoms with E-state index in [1.165, 1.54) is 18.2 Å². The average Bonchev–Trinajstić information content (AvgIpc) is 3.21. The molecule has 0 spiro atoms. The van der Waals surface area contributed by atoms with E-state index in [0.717, 1.165) is 5.69 Å². The molecule has 0 saturated carbocycles. The number of aromatic nitrogens is 2. The van der Waals surface area contributed by atoms with Crippen LogP contribution >= 0.6 is 11.6 Å². The highest BCUT2D eigenvalue weighted by molar-refractivity contribution is 6.31. The van der Waals surface area contributed by atoms with Crippen LogP contribution in [0.1, 0.15) is 28.7 Å². The van der Waals surface area contributed by atoms with Gasteiger partial charge in [-0.05, 0) is 68.4 Å². The fourth-order valence-electron chi connectivity index (χ4n) is 3.57. The Hall–Kier alpha value is -3.71. The lowest BCUT2D eigenvalue weighted by Crippen LogP contribution is -2.10. The lowest BCUT2D eigenvalue weighted by atomic mass is 10.1. The number of carbonyl (C=O) groups is 1. The van der Waals surface area contributed by atoms with Crippen molar-refractivity contribution in [2.75, 3.05) is 6.61 Å². The normalized spacial score (nSPS) is 10.9. The minimum absolute atomic E-state index is 0.168. The molecule has 0 unspecified atom stereocenters. The van der Waals surface area contributed by atoms with E-state index in [2.05, 4.69) is 4.98 Å². The highest BCUT2D eigenvalue weighted by Crippen LogP contribution is 2.36. The summed E-state index contributed by atoms with van der Waals surface area (Å²) >= 11 is 6.28. The van der Waals surface area contributed by atoms with Gasteiger partial charge in [0.05, 0.1) is 17.9 Å². The molecule has 34 heavy (non-hydrogen) atoms. The van der Waals surface area contributed by atoms with Crippen molar-refractivity contribution in [3.8, 4) is 22.8 Å². The SMILES string of the molecule is CCOC(=O)c1cccc(-n2c(C)ccc2-c2cc(Cl)ccc2OCc2c(F)cccc2F)n1. The zero-order valence-corrected chi connectivity index (χ0v) is 19.3. The van der Waals surface area contributed by atoms with Crippen LogP contribution in [-0.4, -0.2) is 22.1 Å². The highest BCUT2D eigenvalue weighted by atomic mass is 35.5. The van der Waals surface area contributed by atoms with E-state index >= 15 is 0 Å². The van der Waals surface area contributed by atoms with Crippen LogP contribution in [0.15, 0.2) is 66.7 Å². The molecule has 0 aliphatic heterocycles. The Morgan fingerprint density at radius 1 is 1.03 bits per heavy atom. The Labute approximate surface area is 200 Å². The molecule has 0 saturated heterocycles. The molecule has 174 valence electrons. The van der Waals surface area contributed by atoms with Crippen LogP contribution in [0.25, 0.3) is 17.1 Å². The van der Waals surface area contributed by atoms with E-state index in [9.17, 15) is 13.6 Å². The predicted molar refractivity (Wildman–Crippen MR) is 125 cm³/mol. The quantitative estimate of drug-likeness (QED) is 0.281. The van der Waals surface area contributed by atoms with Crippen LogP contribution in [-0.2, 0) is 11.3 Å². The zero-order chi connectivity index (χ0) is 24.2. The average molecular weight is 483 g/mol. The Morgan fingerprint density at radius 2 is 1.76 bits per heavy atom. The van der Waals surface area contributed by atoms with Crippen molar-refractivity contribution in [1.82, 2.24) is 9.55 Å². The molecule has 4 aromatic rings. The van der Waals surface area contributed by atoms with Crippen molar-refractivity contribution >= 4 is 17.6 Å². The van der Waals surface area contributed by atoms with E-state index in [4.69, 9.17) is 21.1 Å². The van der Waals surface area contributed by atoms with Gasteiger partial charge in [-0.2, -0.15) is 0 Å². The second kappa shape index (κ2) is 10.1. The van der Waals surface area contributed by atoms with Crippen molar-refractivity contribution in [3.63, 3.8) is 0 Å². The molecule has 4 rings (SSSR count). The molecular weight excluding hydrogens is 462 g/mol. The lowest BCUT2D eigenvalue weighted by Gasteiger charge is -2.16. The summed E-state index contributed by atoms with van der Waals surface area (Å²) in [6.45, 7) is 3.56. The maximum Gasteiger partial charge on any atom is 0.356 e. The van der Waals surface area contributed by atoms with E-state index in [1.54, 1.807) is 43.3 Å². The van der Waals surface area contributed by atoms with E-state index in [1.807, 2.05) is 23.6 Å². The summed E-state index contributed by atoms with van der Waals surface area (Å²) in [5.41, 5.74) is 2.13. The van der Waals surface area contributed by atoms with Crippen LogP contribution in [0.5, 0.6) is 5.75 Å². The van der Waals surface area contributed by atoms with Gasteiger partial charge in [-0.3, -0.25) is 4.57 Å². The van der Waals surface area contributed by atoms with Crippen molar-refractivity contribution in [2.45, 2.75) is 20.5 Å². The molecule has 0 aliphatic carbocycles. The number of halogens is 3. The molecule has 2 heterocycles. The van der Waals surface area contributed by atoms with Crippen LogP contribution < -0.4 is 4.74 Å². The third-order valence-electron chi connectivity index (χ3n) is 5.18. The smallest absolute Gasteiger partial charge is 0.356 e. The van der Waals surface area contributed by atoms with Crippen molar-refractivity contribution < 1.29 is 23.0 Å². The number of aryl methyl sites for hydroxylation is 1. The van der Waals surface area contributed by atoms with Gasteiger partial charge in [0.1, 0.15) is 29.8 Å². The third kappa shape index (κ3) is 4.79. The second-order valence-electron chi connectivity index (χ2n) is 7.43. The molecule has 8 heteroatoms. The maximum absolute atomic E-state index is 14.1. The van der Waals surface area contributed by atoms with Gasteiger partial charge >= 0.3 is 5.97 Å². The molecule has 5 nitrogen and oxygen atoms in total. The first kappa shape index (κ1) is 23.4. The van der Waals surface area contributed by atoms with E-state index in [0.29, 0.717) is 27.8 Å². The lowest BCUT2D eigenvalue weighted by molar-refractivity contribution is 0.0519. The molecule has 0 atom stereocenters. The molecule has 2 aromatic carbocycles. The third-order valence-corrected chi connectivity index (χ3v) is 5.41. The zero-order valence-electron chi connectivity index (χ0n) is 18.5. The molecule has 0 aliphatic rings. The molecule has 2 aromatic heterocycles. The molecule has 0 amide bonds. The number of hydrogen-bond donors (Lipinski definition) is 0.